The Kier molecular flexibility index (Phi) is 6.23. The summed E-state index contributed by atoms with van der Waals surface area (Å²) >= 11 is 2.40. The van der Waals surface area contributed by atoms with E-state index < -0.39 is 0 Å². The van der Waals surface area contributed by atoms with Crippen LogP contribution in [-0.4, -0.2) is 31.1 Å². The molecule has 0 N–H and O–H groups in total. The van der Waals surface area contributed by atoms with Crippen molar-refractivity contribution < 1.29 is 9.30 Å². The first-order chi connectivity index (χ1) is 14.8. The number of hydrogen-bond donors (Lipinski definition) is 0. The first-order valence-electron chi connectivity index (χ1n) is 11.4. The summed E-state index contributed by atoms with van der Waals surface area (Å²) in [5, 5.41) is 2.70. The summed E-state index contributed by atoms with van der Waals surface area (Å²) in [5.74, 6) is 1.01. The summed E-state index contributed by atoms with van der Waals surface area (Å²) in [6.45, 7) is 5.60. The molecule has 0 aliphatic carbocycles. The van der Waals surface area contributed by atoms with Gasteiger partial charge in [0.05, 0.1) is 17.6 Å². The van der Waals surface area contributed by atoms with Crippen molar-refractivity contribution in [3.8, 4) is 16.9 Å². The zero-order chi connectivity index (χ0) is 20.3. The van der Waals surface area contributed by atoms with Gasteiger partial charge in [-0.25, -0.2) is 4.57 Å². The van der Waals surface area contributed by atoms with Gasteiger partial charge >= 0.3 is 0 Å². The Hall–Kier alpha value is -1.66. The summed E-state index contributed by atoms with van der Waals surface area (Å²) in [6.07, 6.45) is 9.96. The molecule has 0 spiro atoms. The molecular formula is C26H30IN2O+. The van der Waals surface area contributed by atoms with Crippen LogP contribution in [0.2, 0.25) is 0 Å². The predicted octanol–water partition coefficient (Wildman–Crippen LogP) is 5.60. The van der Waals surface area contributed by atoms with Crippen molar-refractivity contribution >= 4 is 33.4 Å². The van der Waals surface area contributed by atoms with Gasteiger partial charge in [-0.15, -0.1) is 0 Å². The Balaban J connectivity index is 1.38. The number of fused-ring (bicyclic) bond motifs is 3. The first-order valence-corrected chi connectivity index (χ1v) is 12.5. The van der Waals surface area contributed by atoms with Crippen molar-refractivity contribution in [3.05, 3.63) is 57.9 Å². The van der Waals surface area contributed by atoms with Gasteiger partial charge < -0.3 is 9.64 Å². The Labute approximate surface area is 193 Å². The molecule has 0 atom stereocenters. The van der Waals surface area contributed by atoms with Crippen molar-refractivity contribution in [1.82, 2.24) is 4.90 Å². The van der Waals surface area contributed by atoms with E-state index in [9.17, 15) is 0 Å². The van der Waals surface area contributed by atoms with Crippen LogP contribution in [0.15, 0.2) is 48.7 Å². The van der Waals surface area contributed by atoms with Crippen molar-refractivity contribution in [2.45, 2.75) is 45.1 Å². The molecule has 30 heavy (non-hydrogen) atoms. The molecule has 5 rings (SSSR count). The molecule has 3 heterocycles. The third-order valence-corrected chi connectivity index (χ3v) is 7.18. The number of pyridine rings is 1. The van der Waals surface area contributed by atoms with E-state index in [1.54, 1.807) is 0 Å². The normalized spacial score (nSPS) is 16.7. The van der Waals surface area contributed by atoms with Crippen LogP contribution in [0.1, 0.15) is 37.8 Å². The van der Waals surface area contributed by atoms with Gasteiger partial charge in [-0.1, -0.05) is 18.6 Å². The molecule has 2 aliphatic rings. The van der Waals surface area contributed by atoms with Gasteiger partial charge in [0.25, 0.3) is 0 Å². The van der Waals surface area contributed by atoms with Crippen LogP contribution in [-0.2, 0) is 13.0 Å². The number of benzene rings is 2. The van der Waals surface area contributed by atoms with Crippen LogP contribution in [0.4, 0.5) is 0 Å². The molecule has 0 bridgehead atoms. The highest BCUT2D eigenvalue weighted by Gasteiger charge is 2.25. The fourth-order valence-electron chi connectivity index (χ4n) is 4.99. The Morgan fingerprint density at radius 1 is 0.967 bits per heavy atom. The summed E-state index contributed by atoms with van der Waals surface area (Å²) in [5.41, 5.74) is 4.08. The maximum atomic E-state index is 6.19. The molecule has 1 fully saturated rings. The monoisotopic (exact) mass is 513 g/mol. The molecule has 0 amide bonds. The quantitative estimate of drug-likeness (QED) is 0.243. The number of nitrogens with zero attached hydrogens (tertiary/aromatic N) is 2. The molecule has 0 saturated carbocycles. The average Bonchev–Trinajstić information content (AvgIpc) is 3.26. The van der Waals surface area contributed by atoms with Crippen LogP contribution >= 0.6 is 22.6 Å². The summed E-state index contributed by atoms with van der Waals surface area (Å²) < 4.78 is 9.92. The second-order valence-electron chi connectivity index (χ2n) is 8.61. The van der Waals surface area contributed by atoms with Gasteiger partial charge in [-0.3, -0.25) is 0 Å². The lowest BCUT2D eigenvalue weighted by Gasteiger charge is -2.26. The highest BCUT2D eigenvalue weighted by atomic mass is 127. The van der Waals surface area contributed by atoms with E-state index in [2.05, 4.69) is 80.7 Å². The maximum absolute atomic E-state index is 6.19. The number of aryl methyl sites for hydroxylation is 2. The zero-order valence-electron chi connectivity index (χ0n) is 17.6. The highest BCUT2D eigenvalue weighted by molar-refractivity contribution is 14.1. The second-order valence-corrected chi connectivity index (χ2v) is 9.85. The van der Waals surface area contributed by atoms with Crippen molar-refractivity contribution in [1.29, 1.82) is 0 Å². The second kappa shape index (κ2) is 9.23. The summed E-state index contributed by atoms with van der Waals surface area (Å²) in [7, 11) is 0. The molecule has 3 nitrogen and oxygen atoms in total. The molecule has 2 aliphatic heterocycles. The lowest BCUT2D eigenvalue weighted by Crippen LogP contribution is -2.33. The minimum Gasteiger partial charge on any atom is -0.494 e. The van der Waals surface area contributed by atoms with Crippen LogP contribution in [0.5, 0.6) is 5.75 Å². The number of piperidine rings is 1. The van der Waals surface area contributed by atoms with Crippen LogP contribution in [0.25, 0.3) is 21.9 Å². The predicted molar refractivity (Wildman–Crippen MR) is 131 cm³/mol. The van der Waals surface area contributed by atoms with E-state index >= 15 is 0 Å². The maximum Gasteiger partial charge on any atom is 0.189 e. The van der Waals surface area contributed by atoms with E-state index in [1.807, 2.05) is 0 Å². The molecule has 0 radical (unpaired) electrons. The van der Waals surface area contributed by atoms with Gasteiger partial charge in [0.1, 0.15) is 12.3 Å². The number of aromatic nitrogens is 1. The van der Waals surface area contributed by atoms with Gasteiger partial charge in [0, 0.05) is 28.3 Å². The number of halogens is 1. The Morgan fingerprint density at radius 3 is 2.73 bits per heavy atom. The number of rotatable bonds is 6. The van der Waals surface area contributed by atoms with E-state index in [1.165, 1.54) is 69.9 Å². The molecule has 2 aromatic carbocycles. The van der Waals surface area contributed by atoms with Crippen molar-refractivity contribution in [2.75, 3.05) is 26.2 Å². The fraction of sp³-hybridized carbons (Fsp3) is 0.423. The topological polar surface area (TPSA) is 16.4 Å². The minimum absolute atomic E-state index is 0.800. The third-order valence-electron chi connectivity index (χ3n) is 6.51. The smallest absolute Gasteiger partial charge is 0.189 e. The molecule has 3 aromatic rings. The van der Waals surface area contributed by atoms with E-state index in [0.29, 0.717) is 0 Å². The molecule has 0 unspecified atom stereocenters. The van der Waals surface area contributed by atoms with Crippen LogP contribution in [0, 0.1) is 3.57 Å². The largest absolute Gasteiger partial charge is 0.494 e. The average molecular weight is 513 g/mol. The fourth-order valence-corrected chi connectivity index (χ4v) is 5.53. The zero-order valence-corrected chi connectivity index (χ0v) is 19.7. The van der Waals surface area contributed by atoms with Gasteiger partial charge in [0.2, 0.25) is 0 Å². The van der Waals surface area contributed by atoms with Crippen molar-refractivity contribution in [3.63, 3.8) is 0 Å². The van der Waals surface area contributed by atoms with Crippen LogP contribution in [0.3, 0.4) is 0 Å². The number of ether oxygens (including phenoxy) is 1. The molecule has 4 heteroatoms. The number of likely N-dealkylation sites (tertiary alicyclic amines) is 1. The number of hydrogen-bond acceptors (Lipinski definition) is 2. The summed E-state index contributed by atoms with van der Waals surface area (Å²) in [6, 6.07) is 15.5. The molecule has 1 aromatic heterocycles. The molecule has 156 valence electrons. The summed E-state index contributed by atoms with van der Waals surface area (Å²) in [4.78, 5) is 2.59. The Morgan fingerprint density at radius 2 is 1.87 bits per heavy atom. The van der Waals surface area contributed by atoms with Gasteiger partial charge in [-0.05, 0) is 90.8 Å². The van der Waals surface area contributed by atoms with Crippen LogP contribution < -0.4 is 9.30 Å². The minimum atomic E-state index is 0.800. The lowest BCUT2D eigenvalue weighted by atomic mass is 9.98. The third kappa shape index (κ3) is 4.35. The van der Waals surface area contributed by atoms with Gasteiger partial charge in [-0.2, -0.15) is 0 Å². The van der Waals surface area contributed by atoms with Crippen molar-refractivity contribution in [2.24, 2.45) is 0 Å². The van der Waals surface area contributed by atoms with E-state index in [0.717, 1.165) is 38.3 Å². The molecular weight excluding hydrogens is 483 g/mol. The highest BCUT2D eigenvalue weighted by Crippen LogP contribution is 2.33. The van der Waals surface area contributed by atoms with E-state index in [-0.39, 0.29) is 0 Å². The van der Waals surface area contributed by atoms with Gasteiger partial charge in [0.15, 0.2) is 11.9 Å². The SMILES string of the molecule is Ic1cccc(-c2c[n+]3c(c4cc(OCCCN5CCCCC5)ccc24)CCC3)c1. The lowest BCUT2D eigenvalue weighted by molar-refractivity contribution is -0.688. The molecule has 1 saturated heterocycles. The van der Waals surface area contributed by atoms with E-state index in [4.69, 9.17) is 4.74 Å². The standard InChI is InChI=1S/C26H30IN2O/c27-21-8-4-7-20(17-21)25-19-29-15-5-9-26(29)24-18-22(10-11-23(24)25)30-16-6-14-28-12-2-1-3-13-28/h4,7-8,10-11,17-19H,1-3,5-6,9,12-16H2/q+1. The Bertz CT molecular complexity index is 1040. The first kappa shape index (κ1) is 20.3.